The Balaban J connectivity index is 1.21. The highest BCUT2D eigenvalue weighted by Gasteiger charge is 2.41. The molecule has 0 aliphatic carbocycles. The van der Waals surface area contributed by atoms with E-state index in [9.17, 15) is 9.59 Å². The predicted molar refractivity (Wildman–Crippen MR) is 144 cm³/mol. The summed E-state index contributed by atoms with van der Waals surface area (Å²) in [4.78, 5) is 32.0. The van der Waals surface area contributed by atoms with Crippen LogP contribution in [0.4, 0.5) is 5.69 Å². The van der Waals surface area contributed by atoms with E-state index in [-0.39, 0.29) is 17.7 Å². The maximum Gasteiger partial charge on any atom is 0.230 e. The molecule has 2 atom stereocenters. The third kappa shape index (κ3) is 5.44. The molecule has 8 nitrogen and oxygen atoms in total. The first kappa shape index (κ1) is 25.9. The van der Waals surface area contributed by atoms with Gasteiger partial charge in [-0.1, -0.05) is 25.1 Å². The molecule has 37 heavy (non-hydrogen) atoms. The van der Waals surface area contributed by atoms with Gasteiger partial charge in [0.25, 0.3) is 0 Å². The molecule has 2 unspecified atom stereocenters. The van der Waals surface area contributed by atoms with E-state index in [2.05, 4.69) is 33.5 Å². The van der Waals surface area contributed by atoms with E-state index in [1.807, 2.05) is 40.1 Å². The van der Waals surface area contributed by atoms with E-state index in [1.54, 1.807) is 6.92 Å². The summed E-state index contributed by atoms with van der Waals surface area (Å²) >= 11 is 0. The fraction of sp³-hybridized carbons (Fsp3) is 0.655. The molecule has 5 rings (SSSR count). The van der Waals surface area contributed by atoms with Crippen LogP contribution in [-0.4, -0.2) is 74.6 Å². The SMILES string of the molecule is CCc1nnc(C)n1C1CC2CCC(C1)N2CCCN(C(=O)C1CCN(C(C)=O)CC1)c1ccccc1. The van der Waals surface area contributed by atoms with Gasteiger partial charge in [-0.15, -0.1) is 10.2 Å². The number of likely N-dealkylation sites (tertiary alicyclic amines) is 1. The lowest BCUT2D eigenvalue weighted by Gasteiger charge is -2.40. The van der Waals surface area contributed by atoms with Crippen molar-refractivity contribution in [2.45, 2.75) is 90.3 Å². The number of benzene rings is 1. The third-order valence-electron chi connectivity index (χ3n) is 8.90. The number of aryl methyl sites for hydroxylation is 2. The van der Waals surface area contributed by atoms with Crippen molar-refractivity contribution in [1.29, 1.82) is 0 Å². The first-order chi connectivity index (χ1) is 18.0. The average Bonchev–Trinajstić information content (AvgIpc) is 3.40. The average molecular weight is 507 g/mol. The Morgan fingerprint density at radius 3 is 2.27 bits per heavy atom. The van der Waals surface area contributed by atoms with Crippen LogP contribution in [0, 0.1) is 12.8 Å². The smallest absolute Gasteiger partial charge is 0.230 e. The van der Waals surface area contributed by atoms with Gasteiger partial charge in [-0.25, -0.2) is 0 Å². The molecule has 3 aliphatic heterocycles. The van der Waals surface area contributed by atoms with Crippen molar-refractivity contribution in [2.24, 2.45) is 5.92 Å². The summed E-state index contributed by atoms with van der Waals surface area (Å²) in [5.41, 5.74) is 0.985. The van der Waals surface area contributed by atoms with Crippen LogP contribution in [0.25, 0.3) is 0 Å². The molecule has 8 heteroatoms. The minimum Gasteiger partial charge on any atom is -0.343 e. The summed E-state index contributed by atoms with van der Waals surface area (Å²) in [5.74, 6) is 2.46. The molecule has 4 heterocycles. The molecule has 1 aromatic carbocycles. The van der Waals surface area contributed by atoms with Crippen molar-refractivity contribution in [3.63, 3.8) is 0 Å². The molecule has 1 aromatic heterocycles. The second-order valence-corrected chi connectivity index (χ2v) is 11.1. The lowest BCUT2D eigenvalue weighted by molar-refractivity contribution is -0.133. The van der Waals surface area contributed by atoms with Crippen LogP contribution in [0.1, 0.15) is 76.5 Å². The second-order valence-electron chi connectivity index (χ2n) is 11.1. The quantitative estimate of drug-likeness (QED) is 0.541. The summed E-state index contributed by atoms with van der Waals surface area (Å²) in [7, 11) is 0. The van der Waals surface area contributed by atoms with Crippen LogP contribution >= 0.6 is 0 Å². The van der Waals surface area contributed by atoms with Gasteiger partial charge in [0.15, 0.2) is 0 Å². The number of carbonyl (C=O) groups is 2. The molecule has 2 aromatic rings. The molecule has 200 valence electrons. The Morgan fingerprint density at radius 1 is 0.973 bits per heavy atom. The van der Waals surface area contributed by atoms with Crippen LogP contribution in [0.3, 0.4) is 0 Å². The minimum atomic E-state index is -0.0116. The molecular formula is C29H42N6O2. The summed E-state index contributed by atoms with van der Waals surface area (Å²) in [6, 6.07) is 11.8. The number of hydrogen-bond donors (Lipinski definition) is 0. The summed E-state index contributed by atoms with van der Waals surface area (Å²) < 4.78 is 2.40. The monoisotopic (exact) mass is 506 g/mol. The van der Waals surface area contributed by atoms with Gasteiger partial charge in [0, 0.05) is 69.3 Å². The van der Waals surface area contributed by atoms with Crippen LogP contribution in [0.2, 0.25) is 0 Å². The topological polar surface area (TPSA) is 74.6 Å². The number of hydrogen-bond acceptors (Lipinski definition) is 5. The number of anilines is 1. The molecule has 0 saturated carbocycles. The summed E-state index contributed by atoms with van der Waals surface area (Å²) in [5, 5.41) is 8.77. The summed E-state index contributed by atoms with van der Waals surface area (Å²) in [6.07, 6.45) is 8.25. The van der Waals surface area contributed by atoms with Gasteiger partial charge in [0.1, 0.15) is 11.6 Å². The van der Waals surface area contributed by atoms with E-state index in [1.165, 1.54) is 25.7 Å². The number of amides is 2. The maximum atomic E-state index is 13.7. The number of para-hydroxylation sites is 1. The van der Waals surface area contributed by atoms with Crippen molar-refractivity contribution in [3.8, 4) is 0 Å². The molecule has 0 radical (unpaired) electrons. The van der Waals surface area contributed by atoms with E-state index >= 15 is 0 Å². The molecule has 2 amide bonds. The van der Waals surface area contributed by atoms with Gasteiger partial charge >= 0.3 is 0 Å². The Hall–Kier alpha value is -2.74. The first-order valence-electron chi connectivity index (χ1n) is 14.2. The zero-order valence-electron chi connectivity index (χ0n) is 22.7. The number of piperidine rings is 2. The standard InChI is InChI=1S/C29H42N6O2/c1-4-28-31-30-21(2)35(28)27-19-25-11-12-26(20-27)33(25)15-8-16-34(24-9-6-5-7-10-24)29(37)23-13-17-32(18-14-23)22(3)36/h5-7,9-10,23,25-27H,4,8,11-20H2,1-3H3. The van der Waals surface area contributed by atoms with Crippen LogP contribution in [0.15, 0.2) is 30.3 Å². The van der Waals surface area contributed by atoms with Crippen molar-refractivity contribution in [1.82, 2.24) is 24.6 Å². The van der Waals surface area contributed by atoms with E-state index < -0.39 is 0 Å². The molecule has 3 fully saturated rings. The molecule has 2 bridgehead atoms. The zero-order valence-corrected chi connectivity index (χ0v) is 22.7. The van der Waals surface area contributed by atoms with Gasteiger partial charge in [-0.3, -0.25) is 14.5 Å². The Morgan fingerprint density at radius 2 is 1.65 bits per heavy atom. The number of rotatable bonds is 8. The number of carbonyl (C=O) groups excluding carboxylic acids is 2. The summed E-state index contributed by atoms with van der Waals surface area (Å²) in [6.45, 7) is 8.99. The number of nitrogens with zero attached hydrogens (tertiary/aromatic N) is 6. The highest BCUT2D eigenvalue weighted by molar-refractivity contribution is 5.95. The lowest BCUT2D eigenvalue weighted by Crippen LogP contribution is -2.46. The Labute approximate surface area is 221 Å². The lowest BCUT2D eigenvalue weighted by atomic mass is 9.94. The van der Waals surface area contributed by atoms with Gasteiger partial charge < -0.3 is 14.4 Å². The van der Waals surface area contributed by atoms with Crippen LogP contribution in [-0.2, 0) is 16.0 Å². The molecule has 0 N–H and O–H groups in total. The zero-order chi connectivity index (χ0) is 25.9. The Kier molecular flexibility index (Phi) is 7.93. The second kappa shape index (κ2) is 11.3. The third-order valence-corrected chi connectivity index (χ3v) is 8.90. The molecule has 0 spiro atoms. The highest BCUT2D eigenvalue weighted by Crippen LogP contribution is 2.41. The molecule has 3 saturated heterocycles. The van der Waals surface area contributed by atoms with Crippen LogP contribution in [0.5, 0.6) is 0 Å². The van der Waals surface area contributed by atoms with Gasteiger partial charge in [0.05, 0.1) is 0 Å². The fourth-order valence-electron chi connectivity index (χ4n) is 7.00. The van der Waals surface area contributed by atoms with Crippen molar-refractivity contribution in [2.75, 3.05) is 31.1 Å². The van der Waals surface area contributed by atoms with Crippen molar-refractivity contribution >= 4 is 17.5 Å². The predicted octanol–water partition coefficient (Wildman–Crippen LogP) is 4.00. The van der Waals surface area contributed by atoms with E-state index in [4.69, 9.17) is 0 Å². The minimum absolute atomic E-state index is 0.0116. The van der Waals surface area contributed by atoms with Crippen molar-refractivity contribution < 1.29 is 9.59 Å². The van der Waals surface area contributed by atoms with Gasteiger partial charge in [-0.2, -0.15) is 0 Å². The van der Waals surface area contributed by atoms with Gasteiger partial charge in [-0.05, 0) is 64.0 Å². The molecular weight excluding hydrogens is 464 g/mol. The van der Waals surface area contributed by atoms with E-state index in [0.29, 0.717) is 31.2 Å². The van der Waals surface area contributed by atoms with Crippen LogP contribution < -0.4 is 4.90 Å². The highest BCUT2D eigenvalue weighted by atomic mass is 16.2. The van der Waals surface area contributed by atoms with E-state index in [0.717, 1.165) is 56.1 Å². The molecule has 3 aliphatic rings. The largest absolute Gasteiger partial charge is 0.343 e. The fourth-order valence-corrected chi connectivity index (χ4v) is 7.00. The first-order valence-corrected chi connectivity index (χ1v) is 14.2. The maximum absolute atomic E-state index is 13.7. The van der Waals surface area contributed by atoms with Crippen molar-refractivity contribution in [3.05, 3.63) is 42.0 Å². The van der Waals surface area contributed by atoms with Gasteiger partial charge in [0.2, 0.25) is 11.8 Å². The number of fused-ring (bicyclic) bond motifs is 2. The normalized spacial score (nSPS) is 24.4. The Bertz CT molecular complexity index is 1060. The number of aromatic nitrogens is 3.